The summed E-state index contributed by atoms with van der Waals surface area (Å²) < 4.78 is 15.1. The molecule has 2 aromatic rings. The van der Waals surface area contributed by atoms with Gasteiger partial charge in [-0.1, -0.05) is 11.8 Å². The van der Waals surface area contributed by atoms with Crippen molar-refractivity contribution < 1.29 is 14.3 Å². The van der Waals surface area contributed by atoms with Crippen LogP contribution in [-0.4, -0.2) is 27.4 Å². The number of aliphatic hydroxyl groups excluding tert-OH is 1. The van der Waals surface area contributed by atoms with Gasteiger partial charge in [-0.3, -0.25) is 9.48 Å². The van der Waals surface area contributed by atoms with Crippen molar-refractivity contribution in [2.75, 3.05) is 11.9 Å². The fraction of sp³-hybridized carbons (Fsp3) is 0.200. The quantitative estimate of drug-likeness (QED) is 0.835. The molecule has 108 valence electrons. The number of nitrogens with zero attached hydrogens (tertiary/aromatic N) is 2. The summed E-state index contributed by atoms with van der Waals surface area (Å²) in [6, 6.07) is 5.91. The third kappa shape index (κ3) is 4.44. The number of aliphatic hydroxyl groups is 1. The first-order valence-corrected chi connectivity index (χ1v) is 6.35. The van der Waals surface area contributed by atoms with Crippen molar-refractivity contribution in [2.45, 2.75) is 13.0 Å². The van der Waals surface area contributed by atoms with Crippen molar-refractivity contribution >= 4 is 11.6 Å². The SMILES string of the molecule is O=C(CCn1cccn1)Nc1ccc(F)c(C#CCO)c1. The highest BCUT2D eigenvalue weighted by Crippen LogP contribution is 2.14. The predicted octanol–water partition coefficient (Wildman–Crippen LogP) is 1.39. The molecule has 1 amide bonds. The van der Waals surface area contributed by atoms with Crippen LogP contribution >= 0.6 is 0 Å². The smallest absolute Gasteiger partial charge is 0.226 e. The molecule has 0 spiro atoms. The van der Waals surface area contributed by atoms with E-state index in [1.807, 2.05) is 0 Å². The fourth-order valence-electron chi connectivity index (χ4n) is 1.71. The summed E-state index contributed by atoms with van der Waals surface area (Å²) in [7, 11) is 0. The Kier molecular flexibility index (Phi) is 5.07. The van der Waals surface area contributed by atoms with Gasteiger partial charge in [-0.05, 0) is 24.3 Å². The Balaban J connectivity index is 1.97. The zero-order chi connectivity index (χ0) is 15.1. The minimum atomic E-state index is -0.495. The molecule has 2 N–H and O–H groups in total. The molecular formula is C15H14FN3O2. The maximum Gasteiger partial charge on any atom is 0.226 e. The maximum absolute atomic E-state index is 13.5. The molecule has 1 aromatic carbocycles. The third-order valence-corrected chi connectivity index (χ3v) is 2.68. The van der Waals surface area contributed by atoms with E-state index in [2.05, 4.69) is 22.3 Å². The Morgan fingerprint density at radius 1 is 1.48 bits per heavy atom. The number of benzene rings is 1. The van der Waals surface area contributed by atoms with Crippen LogP contribution < -0.4 is 5.32 Å². The van der Waals surface area contributed by atoms with Gasteiger partial charge in [0.05, 0.1) is 5.56 Å². The second-order valence-corrected chi connectivity index (χ2v) is 4.22. The van der Waals surface area contributed by atoms with Gasteiger partial charge in [0.15, 0.2) is 0 Å². The zero-order valence-electron chi connectivity index (χ0n) is 11.2. The highest BCUT2D eigenvalue weighted by Gasteiger charge is 2.06. The van der Waals surface area contributed by atoms with Gasteiger partial charge in [-0.2, -0.15) is 5.10 Å². The largest absolute Gasteiger partial charge is 0.384 e. The lowest BCUT2D eigenvalue weighted by atomic mass is 10.2. The molecule has 0 saturated carbocycles. The molecular weight excluding hydrogens is 273 g/mol. The number of carbonyl (C=O) groups is 1. The van der Waals surface area contributed by atoms with Crippen LogP contribution in [0.1, 0.15) is 12.0 Å². The first kappa shape index (κ1) is 14.8. The summed E-state index contributed by atoms with van der Waals surface area (Å²) in [5.74, 6) is 4.17. The second kappa shape index (κ2) is 7.22. The number of aryl methyl sites for hydroxylation is 1. The van der Waals surface area contributed by atoms with Gasteiger partial charge < -0.3 is 10.4 Å². The van der Waals surface area contributed by atoms with E-state index in [-0.39, 0.29) is 24.5 Å². The molecule has 5 nitrogen and oxygen atoms in total. The minimum Gasteiger partial charge on any atom is -0.384 e. The van der Waals surface area contributed by atoms with Crippen LogP contribution in [0, 0.1) is 17.7 Å². The van der Waals surface area contributed by atoms with Crippen molar-refractivity contribution in [2.24, 2.45) is 0 Å². The zero-order valence-corrected chi connectivity index (χ0v) is 11.2. The molecule has 2 rings (SSSR count). The molecule has 21 heavy (non-hydrogen) atoms. The molecule has 0 aliphatic heterocycles. The van der Waals surface area contributed by atoms with E-state index in [0.29, 0.717) is 12.2 Å². The Bertz CT molecular complexity index is 672. The molecule has 0 bridgehead atoms. The van der Waals surface area contributed by atoms with E-state index >= 15 is 0 Å². The summed E-state index contributed by atoms with van der Waals surface area (Å²) in [5.41, 5.74) is 0.595. The van der Waals surface area contributed by atoms with Crippen molar-refractivity contribution in [3.8, 4) is 11.8 Å². The van der Waals surface area contributed by atoms with E-state index < -0.39 is 5.82 Å². The van der Waals surface area contributed by atoms with Crippen LogP contribution in [-0.2, 0) is 11.3 Å². The predicted molar refractivity (Wildman–Crippen MR) is 75.8 cm³/mol. The Labute approximate surface area is 121 Å². The Morgan fingerprint density at radius 3 is 3.05 bits per heavy atom. The number of halogens is 1. The summed E-state index contributed by atoms with van der Waals surface area (Å²) in [6.45, 7) is 0.122. The lowest BCUT2D eigenvalue weighted by Crippen LogP contribution is -2.14. The van der Waals surface area contributed by atoms with Crippen LogP contribution in [0.4, 0.5) is 10.1 Å². The Morgan fingerprint density at radius 2 is 2.33 bits per heavy atom. The molecule has 6 heteroatoms. The lowest BCUT2D eigenvalue weighted by Gasteiger charge is -2.06. The van der Waals surface area contributed by atoms with Crippen LogP contribution in [0.3, 0.4) is 0 Å². The van der Waals surface area contributed by atoms with Crippen LogP contribution in [0.5, 0.6) is 0 Å². The average molecular weight is 287 g/mol. The fourth-order valence-corrected chi connectivity index (χ4v) is 1.71. The first-order chi connectivity index (χ1) is 10.2. The third-order valence-electron chi connectivity index (χ3n) is 2.68. The van der Waals surface area contributed by atoms with Gasteiger partial charge in [-0.25, -0.2) is 4.39 Å². The molecule has 0 unspecified atom stereocenters. The molecule has 0 aliphatic carbocycles. The highest BCUT2D eigenvalue weighted by atomic mass is 19.1. The number of nitrogens with one attached hydrogen (secondary N) is 1. The van der Waals surface area contributed by atoms with Crippen molar-refractivity contribution in [3.05, 3.63) is 48.0 Å². The number of hydrogen-bond acceptors (Lipinski definition) is 3. The van der Waals surface area contributed by atoms with Crippen molar-refractivity contribution in [1.82, 2.24) is 9.78 Å². The number of carbonyl (C=O) groups excluding carboxylic acids is 1. The standard InChI is InChI=1S/C15H14FN3O2/c16-14-5-4-13(11-12(14)3-1-10-20)18-15(21)6-9-19-8-2-7-17-19/h2,4-5,7-8,11,20H,6,9-10H2,(H,18,21). The number of rotatable bonds is 4. The summed E-state index contributed by atoms with van der Waals surface area (Å²) in [4.78, 5) is 11.8. The summed E-state index contributed by atoms with van der Waals surface area (Å²) in [6.07, 6.45) is 3.68. The Hall–Kier alpha value is -2.65. The molecule has 0 aliphatic rings. The number of anilines is 1. The van der Waals surface area contributed by atoms with Gasteiger partial charge in [0.1, 0.15) is 12.4 Å². The first-order valence-electron chi connectivity index (χ1n) is 6.35. The minimum absolute atomic E-state index is 0.133. The number of amides is 1. The number of aromatic nitrogens is 2. The topological polar surface area (TPSA) is 67.2 Å². The van der Waals surface area contributed by atoms with E-state index in [0.717, 1.165) is 0 Å². The second-order valence-electron chi connectivity index (χ2n) is 4.22. The summed E-state index contributed by atoms with van der Waals surface area (Å²) in [5, 5.41) is 15.3. The molecule has 0 atom stereocenters. The maximum atomic E-state index is 13.5. The molecule has 1 aromatic heterocycles. The van der Waals surface area contributed by atoms with Gasteiger partial charge in [-0.15, -0.1) is 0 Å². The van der Waals surface area contributed by atoms with Crippen molar-refractivity contribution in [3.63, 3.8) is 0 Å². The van der Waals surface area contributed by atoms with E-state index in [1.54, 1.807) is 23.1 Å². The summed E-state index contributed by atoms with van der Waals surface area (Å²) >= 11 is 0. The van der Waals surface area contributed by atoms with Crippen molar-refractivity contribution in [1.29, 1.82) is 0 Å². The molecule has 1 heterocycles. The van der Waals surface area contributed by atoms with Crippen LogP contribution in [0.15, 0.2) is 36.7 Å². The highest BCUT2D eigenvalue weighted by molar-refractivity contribution is 5.90. The average Bonchev–Trinajstić information content (AvgIpc) is 2.99. The van der Waals surface area contributed by atoms with E-state index in [4.69, 9.17) is 5.11 Å². The van der Waals surface area contributed by atoms with Gasteiger partial charge in [0.25, 0.3) is 0 Å². The number of hydrogen-bond donors (Lipinski definition) is 2. The van der Waals surface area contributed by atoms with Gasteiger partial charge >= 0.3 is 0 Å². The molecule has 0 saturated heterocycles. The van der Waals surface area contributed by atoms with Crippen LogP contribution in [0.2, 0.25) is 0 Å². The lowest BCUT2D eigenvalue weighted by molar-refractivity contribution is -0.116. The normalized spacial score (nSPS) is 9.81. The monoisotopic (exact) mass is 287 g/mol. The molecule has 0 radical (unpaired) electrons. The van der Waals surface area contributed by atoms with Gasteiger partial charge in [0, 0.05) is 31.0 Å². The van der Waals surface area contributed by atoms with Crippen LogP contribution in [0.25, 0.3) is 0 Å². The van der Waals surface area contributed by atoms with Gasteiger partial charge in [0.2, 0.25) is 5.91 Å². The van der Waals surface area contributed by atoms with E-state index in [1.165, 1.54) is 18.2 Å². The molecule has 0 fully saturated rings. The van der Waals surface area contributed by atoms with E-state index in [9.17, 15) is 9.18 Å².